The van der Waals surface area contributed by atoms with E-state index in [-0.39, 0.29) is 24.5 Å². The molecule has 1 atom stereocenters. The molecule has 0 spiro atoms. The maximum atomic E-state index is 12.9. The highest BCUT2D eigenvalue weighted by molar-refractivity contribution is 5.91. The highest BCUT2D eigenvalue weighted by Gasteiger charge is 2.46. The van der Waals surface area contributed by atoms with Gasteiger partial charge in [0.05, 0.1) is 18.6 Å². The van der Waals surface area contributed by atoms with Crippen molar-refractivity contribution in [2.45, 2.75) is 58.2 Å². The summed E-state index contributed by atoms with van der Waals surface area (Å²) in [6, 6.07) is -0.274. The van der Waals surface area contributed by atoms with Crippen LogP contribution in [0.3, 0.4) is 0 Å². The molecule has 2 amide bonds. The Morgan fingerprint density at radius 2 is 1.86 bits per heavy atom. The molecule has 2 aliphatic rings. The Hall–Kier alpha value is -1.14. The minimum Gasteiger partial charge on any atom is -0.377 e. The predicted molar refractivity (Wildman–Crippen MR) is 79.5 cm³/mol. The van der Waals surface area contributed by atoms with Crippen molar-refractivity contribution in [1.29, 1.82) is 0 Å². The van der Waals surface area contributed by atoms with Gasteiger partial charge >= 0.3 is 0 Å². The van der Waals surface area contributed by atoms with Gasteiger partial charge in [0.15, 0.2) is 0 Å². The molecule has 1 heterocycles. The number of ether oxygens (including phenoxy) is 1. The van der Waals surface area contributed by atoms with Crippen molar-refractivity contribution in [2.24, 2.45) is 11.1 Å². The number of nitrogens with zero attached hydrogens (tertiary/aromatic N) is 1. The van der Waals surface area contributed by atoms with Gasteiger partial charge in [-0.05, 0) is 40.5 Å². The molecule has 120 valence electrons. The van der Waals surface area contributed by atoms with Gasteiger partial charge in [0, 0.05) is 18.1 Å². The third-order valence-electron chi connectivity index (χ3n) is 4.76. The van der Waals surface area contributed by atoms with Crippen LogP contribution in [0, 0.1) is 5.41 Å². The normalized spacial score (nSPS) is 23.9. The van der Waals surface area contributed by atoms with Crippen LogP contribution in [-0.4, -0.2) is 54.1 Å². The van der Waals surface area contributed by atoms with Crippen LogP contribution < -0.4 is 11.1 Å². The molecule has 1 aliphatic carbocycles. The van der Waals surface area contributed by atoms with E-state index < -0.39 is 17.0 Å². The standard InChI is InChI=1S/C15H27N3O3/c1-14(2,15(3,4)16)13(20)18-7-8-21-9-11(18)12(19)17-10-5-6-10/h10-11H,5-9,16H2,1-4H3,(H,17,19). The van der Waals surface area contributed by atoms with Crippen LogP contribution in [0.5, 0.6) is 0 Å². The van der Waals surface area contributed by atoms with Crippen molar-refractivity contribution in [3.63, 3.8) is 0 Å². The molecule has 2 rings (SSSR count). The first-order valence-electron chi connectivity index (χ1n) is 7.62. The molecule has 0 aromatic heterocycles. The third-order valence-corrected chi connectivity index (χ3v) is 4.76. The maximum absolute atomic E-state index is 12.9. The SMILES string of the molecule is CC(C)(N)C(C)(C)C(=O)N1CCOCC1C(=O)NC1CC1. The van der Waals surface area contributed by atoms with Crippen LogP contribution in [-0.2, 0) is 14.3 Å². The van der Waals surface area contributed by atoms with Gasteiger partial charge in [-0.3, -0.25) is 9.59 Å². The van der Waals surface area contributed by atoms with Crippen molar-refractivity contribution < 1.29 is 14.3 Å². The van der Waals surface area contributed by atoms with Gasteiger partial charge in [-0.25, -0.2) is 0 Å². The van der Waals surface area contributed by atoms with E-state index in [9.17, 15) is 9.59 Å². The molecule has 1 saturated carbocycles. The lowest BCUT2D eigenvalue weighted by Crippen LogP contribution is -2.63. The Morgan fingerprint density at radius 3 is 2.38 bits per heavy atom. The van der Waals surface area contributed by atoms with Crippen LogP contribution >= 0.6 is 0 Å². The molecule has 1 aliphatic heterocycles. The van der Waals surface area contributed by atoms with E-state index in [1.165, 1.54) is 0 Å². The smallest absolute Gasteiger partial charge is 0.245 e. The number of morpholine rings is 1. The molecule has 6 nitrogen and oxygen atoms in total. The lowest BCUT2D eigenvalue weighted by Gasteiger charge is -2.44. The number of rotatable bonds is 4. The van der Waals surface area contributed by atoms with Gasteiger partial charge in [0.2, 0.25) is 11.8 Å². The van der Waals surface area contributed by atoms with Crippen molar-refractivity contribution in [1.82, 2.24) is 10.2 Å². The largest absolute Gasteiger partial charge is 0.377 e. The average Bonchev–Trinajstić information content (AvgIpc) is 3.20. The first-order valence-corrected chi connectivity index (χ1v) is 7.62. The Labute approximate surface area is 126 Å². The summed E-state index contributed by atoms with van der Waals surface area (Å²) in [4.78, 5) is 26.9. The molecule has 6 heteroatoms. The number of nitrogens with one attached hydrogen (secondary N) is 1. The summed E-state index contributed by atoms with van der Waals surface area (Å²) < 4.78 is 5.40. The Kier molecular flexibility index (Phi) is 4.31. The summed E-state index contributed by atoms with van der Waals surface area (Å²) in [7, 11) is 0. The molecule has 0 bridgehead atoms. The number of hydrogen-bond acceptors (Lipinski definition) is 4. The summed E-state index contributed by atoms with van der Waals surface area (Å²) in [5.74, 6) is -0.203. The van der Waals surface area contributed by atoms with Crippen LogP contribution in [0.2, 0.25) is 0 Å². The van der Waals surface area contributed by atoms with Crippen LogP contribution in [0.25, 0.3) is 0 Å². The summed E-state index contributed by atoms with van der Waals surface area (Å²) >= 11 is 0. The Balaban J connectivity index is 2.13. The van der Waals surface area contributed by atoms with Gasteiger partial charge in [-0.1, -0.05) is 0 Å². The molecule has 0 aromatic rings. The van der Waals surface area contributed by atoms with Crippen LogP contribution in [0.1, 0.15) is 40.5 Å². The van der Waals surface area contributed by atoms with Crippen molar-refractivity contribution >= 4 is 11.8 Å². The van der Waals surface area contributed by atoms with E-state index in [0.29, 0.717) is 13.2 Å². The summed E-state index contributed by atoms with van der Waals surface area (Å²) in [5.41, 5.74) is 4.74. The lowest BCUT2D eigenvalue weighted by atomic mass is 9.74. The van der Waals surface area contributed by atoms with E-state index in [2.05, 4.69) is 5.32 Å². The monoisotopic (exact) mass is 297 g/mol. The Bertz CT molecular complexity index is 424. The molecule has 1 unspecified atom stereocenters. The zero-order valence-corrected chi connectivity index (χ0v) is 13.4. The zero-order valence-electron chi connectivity index (χ0n) is 13.4. The average molecular weight is 297 g/mol. The highest BCUT2D eigenvalue weighted by atomic mass is 16.5. The molecule has 0 aromatic carbocycles. The Morgan fingerprint density at radius 1 is 1.24 bits per heavy atom. The minimum absolute atomic E-state index is 0.0887. The summed E-state index contributed by atoms with van der Waals surface area (Å²) in [5, 5.41) is 2.95. The van der Waals surface area contributed by atoms with E-state index in [1.54, 1.807) is 4.90 Å². The maximum Gasteiger partial charge on any atom is 0.245 e. The fourth-order valence-electron chi connectivity index (χ4n) is 2.22. The molecular weight excluding hydrogens is 270 g/mol. The minimum atomic E-state index is -0.748. The number of hydrogen-bond donors (Lipinski definition) is 2. The van der Waals surface area contributed by atoms with E-state index in [1.807, 2.05) is 27.7 Å². The molecule has 2 fully saturated rings. The van der Waals surface area contributed by atoms with Crippen LogP contribution in [0.15, 0.2) is 0 Å². The molecule has 0 radical (unpaired) electrons. The fraction of sp³-hybridized carbons (Fsp3) is 0.867. The molecule has 3 N–H and O–H groups in total. The molecular formula is C15H27N3O3. The zero-order chi connectivity index (χ0) is 15.8. The first-order chi connectivity index (χ1) is 9.64. The summed E-state index contributed by atoms with van der Waals surface area (Å²) in [6.07, 6.45) is 2.04. The molecule has 1 saturated heterocycles. The second-order valence-electron chi connectivity index (χ2n) is 7.22. The summed E-state index contributed by atoms with van der Waals surface area (Å²) in [6.45, 7) is 8.49. The van der Waals surface area contributed by atoms with Gasteiger partial charge in [-0.15, -0.1) is 0 Å². The number of carbonyl (C=O) groups is 2. The second-order valence-corrected chi connectivity index (χ2v) is 7.22. The highest BCUT2D eigenvalue weighted by Crippen LogP contribution is 2.32. The van der Waals surface area contributed by atoms with Crippen LogP contribution in [0.4, 0.5) is 0 Å². The number of amides is 2. The van der Waals surface area contributed by atoms with Gasteiger partial charge < -0.3 is 20.7 Å². The lowest BCUT2D eigenvalue weighted by molar-refractivity contribution is -0.157. The number of nitrogens with two attached hydrogens (primary N) is 1. The van der Waals surface area contributed by atoms with Crippen molar-refractivity contribution in [3.8, 4) is 0 Å². The fourth-order valence-corrected chi connectivity index (χ4v) is 2.22. The molecule has 21 heavy (non-hydrogen) atoms. The number of carbonyl (C=O) groups excluding carboxylic acids is 2. The first kappa shape index (κ1) is 16.2. The van der Waals surface area contributed by atoms with Gasteiger partial charge in [0.25, 0.3) is 0 Å². The van der Waals surface area contributed by atoms with Gasteiger partial charge in [-0.2, -0.15) is 0 Å². The van der Waals surface area contributed by atoms with Crippen molar-refractivity contribution in [2.75, 3.05) is 19.8 Å². The topological polar surface area (TPSA) is 84.7 Å². The van der Waals surface area contributed by atoms with Gasteiger partial charge in [0.1, 0.15) is 6.04 Å². The quantitative estimate of drug-likeness (QED) is 0.779. The third kappa shape index (κ3) is 3.37. The van der Waals surface area contributed by atoms with E-state index in [4.69, 9.17) is 10.5 Å². The van der Waals surface area contributed by atoms with E-state index in [0.717, 1.165) is 12.8 Å². The van der Waals surface area contributed by atoms with Crippen molar-refractivity contribution in [3.05, 3.63) is 0 Å². The predicted octanol–water partition coefficient (Wildman–Crippen LogP) is 0.256. The van der Waals surface area contributed by atoms with E-state index >= 15 is 0 Å². The second kappa shape index (κ2) is 5.57.